The number of nitrogens with zero attached hydrogens (tertiary/aromatic N) is 5. The Morgan fingerprint density at radius 1 is 1.17 bits per heavy atom. The summed E-state index contributed by atoms with van der Waals surface area (Å²) in [7, 11) is 0. The molecule has 0 radical (unpaired) electrons. The molecule has 23 heavy (non-hydrogen) atoms. The average Bonchev–Trinajstić information content (AvgIpc) is 3.05. The van der Waals surface area contributed by atoms with Crippen molar-refractivity contribution in [3.05, 3.63) is 29.9 Å². The summed E-state index contributed by atoms with van der Waals surface area (Å²) in [6, 6.07) is 1.93. The Labute approximate surface area is 136 Å². The van der Waals surface area contributed by atoms with E-state index < -0.39 is 0 Å². The molecule has 124 valence electrons. The van der Waals surface area contributed by atoms with Crippen molar-refractivity contribution < 1.29 is 9.15 Å². The molecule has 7 heteroatoms. The van der Waals surface area contributed by atoms with Crippen molar-refractivity contribution in [1.82, 2.24) is 20.2 Å². The SMILES string of the molecule is CC(C)c1nccc(N2CCOC(c3nnc(C(C)C)o3)C2)n1. The minimum Gasteiger partial charge on any atom is -0.422 e. The van der Waals surface area contributed by atoms with E-state index in [1.807, 2.05) is 26.1 Å². The van der Waals surface area contributed by atoms with E-state index in [0.29, 0.717) is 30.9 Å². The average molecular weight is 317 g/mol. The molecule has 7 nitrogen and oxygen atoms in total. The van der Waals surface area contributed by atoms with Gasteiger partial charge in [0.2, 0.25) is 11.8 Å². The second-order valence-electron chi connectivity index (χ2n) is 6.37. The fourth-order valence-corrected chi connectivity index (χ4v) is 2.43. The predicted octanol–water partition coefficient (Wildman–Crippen LogP) is 2.68. The van der Waals surface area contributed by atoms with Crippen molar-refractivity contribution in [3.8, 4) is 0 Å². The molecule has 1 fully saturated rings. The fraction of sp³-hybridized carbons (Fsp3) is 0.625. The number of aromatic nitrogens is 4. The summed E-state index contributed by atoms with van der Waals surface area (Å²) >= 11 is 0. The molecule has 0 spiro atoms. The van der Waals surface area contributed by atoms with Crippen LogP contribution in [0.1, 0.15) is 63.2 Å². The molecule has 0 saturated carbocycles. The van der Waals surface area contributed by atoms with E-state index in [4.69, 9.17) is 9.15 Å². The molecule has 0 aromatic carbocycles. The van der Waals surface area contributed by atoms with Gasteiger partial charge in [-0.2, -0.15) is 0 Å². The largest absolute Gasteiger partial charge is 0.422 e. The molecule has 2 aromatic heterocycles. The van der Waals surface area contributed by atoms with Crippen molar-refractivity contribution in [2.75, 3.05) is 24.6 Å². The molecule has 3 heterocycles. The number of hydrogen-bond donors (Lipinski definition) is 0. The van der Waals surface area contributed by atoms with E-state index in [2.05, 4.69) is 38.9 Å². The molecule has 1 unspecified atom stereocenters. The first-order valence-corrected chi connectivity index (χ1v) is 8.07. The van der Waals surface area contributed by atoms with Crippen LogP contribution in [0.2, 0.25) is 0 Å². The highest BCUT2D eigenvalue weighted by molar-refractivity contribution is 5.38. The first kappa shape index (κ1) is 15.9. The minimum absolute atomic E-state index is 0.214. The van der Waals surface area contributed by atoms with Crippen molar-refractivity contribution in [1.29, 1.82) is 0 Å². The number of morpholine rings is 1. The van der Waals surface area contributed by atoms with Crippen LogP contribution >= 0.6 is 0 Å². The first-order chi connectivity index (χ1) is 11.0. The van der Waals surface area contributed by atoms with Gasteiger partial charge in [0.25, 0.3) is 0 Å². The normalized spacial score (nSPS) is 18.9. The molecule has 0 amide bonds. The molecular formula is C16H23N5O2. The Kier molecular flexibility index (Phi) is 4.56. The van der Waals surface area contributed by atoms with Crippen molar-refractivity contribution >= 4 is 5.82 Å². The molecule has 1 aliphatic heterocycles. The van der Waals surface area contributed by atoms with Gasteiger partial charge in [0.05, 0.1) is 13.2 Å². The van der Waals surface area contributed by atoms with Gasteiger partial charge in [-0.05, 0) is 6.07 Å². The second-order valence-corrected chi connectivity index (χ2v) is 6.37. The Balaban J connectivity index is 1.76. The third-order valence-electron chi connectivity index (χ3n) is 3.79. The van der Waals surface area contributed by atoms with Gasteiger partial charge >= 0.3 is 0 Å². The summed E-state index contributed by atoms with van der Waals surface area (Å²) in [6.07, 6.45) is 1.59. The number of rotatable bonds is 4. The molecule has 1 saturated heterocycles. The number of anilines is 1. The van der Waals surface area contributed by atoms with Crippen LogP contribution in [0.3, 0.4) is 0 Å². The summed E-state index contributed by atoms with van der Waals surface area (Å²) in [5.74, 6) is 3.47. The Bertz CT molecular complexity index is 655. The lowest BCUT2D eigenvalue weighted by molar-refractivity contribution is 0.0211. The Hall–Kier alpha value is -2.02. The third kappa shape index (κ3) is 3.50. The molecular weight excluding hydrogens is 294 g/mol. The predicted molar refractivity (Wildman–Crippen MR) is 85.4 cm³/mol. The van der Waals surface area contributed by atoms with Crippen LogP contribution in [0, 0.1) is 0 Å². The van der Waals surface area contributed by atoms with Crippen molar-refractivity contribution in [3.63, 3.8) is 0 Å². The maximum atomic E-state index is 5.81. The van der Waals surface area contributed by atoms with Gasteiger partial charge < -0.3 is 14.1 Å². The zero-order chi connectivity index (χ0) is 16.4. The highest BCUT2D eigenvalue weighted by Crippen LogP contribution is 2.26. The van der Waals surface area contributed by atoms with Crippen molar-refractivity contribution in [2.24, 2.45) is 0 Å². The minimum atomic E-state index is -0.221. The van der Waals surface area contributed by atoms with Gasteiger partial charge in [-0.3, -0.25) is 0 Å². The number of hydrogen-bond acceptors (Lipinski definition) is 7. The molecule has 1 atom stereocenters. The summed E-state index contributed by atoms with van der Waals surface area (Å²) in [5.41, 5.74) is 0. The molecule has 0 bridgehead atoms. The maximum absolute atomic E-state index is 5.81. The van der Waals surface area contributed by atoms with Crippen LogP contribution < -0.4 is 4.90 Å². The van der Waals surface area contributed by atoms with Crippen LogP contribution in [0.5, 0.6) is 0 Å². The van der Waals surface area contributed by atoms with E-state index >= 15 is 0 Å². The lowest BCUT2D eigenvalue weighted by Crippen LogP contribution is -2.39. The molecule has 0 N–H and O–H groups in total. The number of ether oxygens (including phenoxy) is 1. The lowest BCUT2D eigenvalue weighted by atomic mass is 10.2. The third-order valence-corrected chi connectivity index (χ3v) is 3.79. The van der Waals surface area contributed by atoms with Crippen LogP contribution in [0.4, 0.5) is 5.82 Å². The van der Waals surface area contributed by atoms with E-state index in [-0.39, 0.29) is 12.0 Å². The zero-order valence-corrected chi connectivity index (χ0v) is 14.1. The maximum Gasteiger partial charge on any atom is 0.247 e. The van der Waals surface area contributed by atoms with Crippen LogP contribution in [0.15, 0.2) is 16.7 Å². The second kappa shape index (κ2) is 6.62. The fourth-order valence-electron chi connectivity index (χ4n) is 2.43. The summed E-state index contributed by atoms with van der Waals surface area (Å²) in [6.45, 7) is 10.3. The van der Waals surface area contributed by atoms with E-state index in [1.165, 1.54) is 0 Å². The summed E-state index contributed by atoms with van der Waals surface area (Å²) in [5, 5.41) is 8.22. The Morgan fingerprint density at radius 2 is 2.00 bits per heavy atom. The topological polar surface area (TPSA) is 77.2 Å². The van der Waals surface area contributed by atoms with Gasteiger partial charge in [-0.25, -0.2) is 9.97 Å². The Morgan fingerprint density at radius 3 is 2.70 bits per heavy atom. The van der Waals surface area contributed by atoms with Gasteiger partial charge in [-0.15, -0.1) is 10.2 Å². The molecule has 2 aromatic rings. The van der Waals surface area contributed by atoms with E-state index in [9.17, 15) is 0 Å². The van der Waals surface area contributed by atoms with Crippen LogP contribution in [0.25, 0.3) is 0 Å². The van der Waals surface area contributed by atoms with Crippen LogP contribution in [-0.4, -0.2) is 39.9 Å². The first-order valence-electron chi connectivity index (χ1n) is 8.07. The quantitative estimate of drug-likeness (QED) is 0.858. The summed E-state index contributed by atoms with van der Waals surface area (Å²) in [4.78, 5) is 11.2. The zero-order valence-electron chi connectivity index (χ0n) is 14.1. The van der Waals surface area contributed by atoms with Gasteiger partial charge in [-0.1, -0.05) is 27.7 Å². The molecule has 1 aliphatic rings. The van der Waals surface area contributed by atoms with Crippen molar-refractivity contribution in [2.45, 2.75) is 45.6 Å². The van der Waals surface area contributed by atoms with Gasteiger partial charge in [0.1, 0.15) is 11.6 Å². The van der Waals surface area contributed by atoms with E-state index in [1.54, 1.807) is 0 Å². The lowest BCUT2D eigenvalue weighted by Gasteiger charge is -2.32. The molecule has 3 rings (SSSR count). The highest BCUT2D eigenvalue weighted by atomic mass is 16.5. The summed E-state index contributed by atoms with van der Waals surface area (Å²) < 4.78 is 11.5. The van der Waals surface area contributed by atoms with Gasteiger partial charge in [0, 0.05) is 24.6 Å². The molecule has 0 aliphatic carbocycles. The van der Waals surface area contributed by atoms with E-state index in [0.717, 1.165) is 18.2 Å². The van der Waals surface area contributed by atoms with Gasteiger partial charge in [0.15, 0.2) is 6.10 Å². The smallest absolute Gasteiger partial charge is 0.247 e. The van der Waals surface area contributed by atoms with Crippen LogP contribution in [-0.2, 0) is 4.74 Å². The standard InChI is InChI=1S/C16H23N5O2/c1-10(2)14-17-6-5-13(18-14)21-7-8-22-12(9-21)16-20-19-15(23-16)11(3)4/h5-6,10-12H,7-9H2,1-4H3. The monoisotopic (exact) mass is 317 g/mol. The highest BCUT2D eigenvalue weighted by Gasteiger charge is 2.28.